The molecule has 1 aliphatic heterocycles. The molecule has 160 valence electrons. The summed E-state index contributed by atoms with van der Waals surface area (Å²) in [6.45, 7) is 5.64. The van der Waals surface area contributed by atoms with E-state index < -0.39 is 6.09 Å². The second-order valence-corrected chi connectivity index (χ2v) is 7.08. The maximum absolute atomic E-state index is 10.8. The lowest BCUT2D eigenvalue weighted by molar-refractivity contribution is 0.165. The number of likely N-dealkylation sites (tertiary alicyclic amines) is 1. The number of amides is 1. The summed E-state index contributed by atoms with van der Waals surface area (Å²) in [7, 11) is 1.56. The number of nitrogens with one attached hydrogen (secondary N) is 1. The zero-order chi connectivity index (χ0) is 20.8. The minimum atomic E-state index is -0.965. The van der Waals surface area contributed by atoms with Crippen LogP contribution in [0.2, 0.25) is 0 Å². The van der Waals surface area contributed by atoms with Crippen LogP contribution in [-0.2, 0) is 6.54 Å². The molecule has 0 unspecified atom stereocenters. The standard InChI is InChI=1S/C18H29N7O4/c1-3-4-11-29-16-22-14(19)13-15(23-16)25(17(21-13)28-2)10-9-24-7-5-12(6-8-24)20-18(26)27/h12,20H,3-11H2,1-2H3,(H,26,27)(H2,19,22,23). The van der Waals surface area contributed by atoms with E-state index in [0.717, 1.165) is 45.3 Å². The van der Waals surface area contributed by atoms with Gasteiger partial charge in [0, 0.05) is 32.2 Å². The molecule has 3 rings (SSSR count). The van der Waals surface area contributed by atoms with Gasteiger partial charge in [0.15, 0.2) is 17.0 Å². The molecule has 29 heavy (non-hydrogen) atoms. The van der Waals surface area contributed by atoms with Crippen LogP contribution in [0.25, 0.3) is 11.2 Å². The number of unbranched alkanes of at least 4 members (excludes halogenated alkanes) is 1. The molecule has 0 aromatic carbocycles. The lowest BCUT2D eigenvalue weighted by atomic mass is 10.1. The molecular weight excluding hydrogens is 378 g/mol. The zero-order valence-corrected chi connectivity index (χ0v) is 16.9. The first-order valence-corrected chi connectivity index (χ1v) is 9.94. The molecule has 11 nitrogen and oxygen atoms in total. The third kappa shape index (κ3) is 5.17. The topological polar surface area (TPSA) is 141 Å². The number of carboxylic acid groups (broad SMARTS) is 1. The van der Waals surface area contributed by atoms with E-state index in [2.05, 4.69) is 32.1 Å². The number of nitrogens with zero attached hydrogens (tertiary/aromatic N) is 5. The van der Waals surface area contributed by atoms with E-state index in [-0.39, 0.29) is 17.9 Å². The van der Waals surface area contributed by atoms with Gasteiger partial charge in [-0.2, -0.15) is 15.0 Å². The number of aromatic nitrogens is 4. The first kappa shape index (κ1) is 20.9. The quantitative estimate of drug-likeness (QED) is 0.525. The highest BCUT2D eigenvalue weighted by atomic mass is 16.5. The molecule has 1 aliphatic rings. The Morgan fingerprint density at radius 3 is 2.69 bits per heavy atom. The fraction of sp³-hybridized carbons (Fsp3) is 0.667. The number of imidazole rings is 1. The van der Waals surface area contributed by atoms with Crippen molar-refractivity contribution in [3.63, 3.8) is 0 Å². The molecule has 0 radical (unpaired) electrons. The Balaban J connectivity index is 1.70. The molecule has 2 aromatic rings. The Bertz CT molecular complexity index is 833. The van der Waals surface area contributed by atoms with Crippen LogP contribution >= 0.6 is 0 Å². The van der Waals surface area contributed by atoms with Crippen LogP contribution in [0.3, 0.4) is 0 Å². The fourth-order valence-corrected chi connectivity index (χ4v) is 3.43. The van der Waals surface area contributed by atoms with Gasteiger partial charge in [-0.3, -0.25) is 4.57 Å². The van der Waals surface area contributed by atoms with E-state index >= 15 is 0 Å². The fourth-order valence-electron chi connectivity index (χ4n) is 3.43. The number of nitrogen functional groups attached to an aromatic ring is 1. The summed E-state index contributed by atoms with van der Waals surface area (Å²) in [5.74, 6) is 0.263. The summed E-state index contributed by atoms with van der Waals surface area (Å²) in [6.07, 6.45) is 2.54. The van der Waals surface area contributed by atoms with Crippen molar-refractivity contribution >= 4 is 23.1 Å². The molecule has 4 N–H and O–H groups in total. The molecule has 1 saturated heterocycles. The third-order valence-electron chi connectivity index (χ3n) is 5.03. The van der Waals surface area contributed by atoms with Gasteiger partial charge in [-0.15, -0.1) is 0 Å². The molecule has 0 saturated carbocycles. The smallest absolute Gasteiger partial charge is 0.404 e. The van der Waals surface area contributed by atoms with Crippen molar-refractivity contribution in [1.29, 1.82) is 0 Å². The van der Waals surface area contributed by atoms with Crippen molar-refractivity contribution in [2.75, 3.05) is 39.1 Å². The van der Waals surface area contributed by atoms with Gasteiger partial charge in [-0.25, -0.2) is 4.79 Å². The van der Waals surface area contributed by atoms with Crippen LogP contribution in [-0.4, -0.2) is 75.0 Å². The predicted octanol–water partition coefficient (Wildman–Crippen LogP) is 1.33. The highest BCUT2D eigenvalue weighted by molar-refractivity contribution is 5.83. The first-order chi connectivity index (χ1) is 14.0. The highest BCUT2D eigenvalue weighted by Crippen LogP contribution is 2.25. The second kappa shape index (κ2) is 9.59. The highest BCUT2D eigenvalue weighted by Gasteiger charge is 2.22. The molecule has 1 fully saturated rings. The Kier molecular flexibility index (Phi) is 6.91. The lowest BCUT2D eigenvalue weighted by Crippen LogP contribution is -2.44. The summed E-state index contributed by atoms with van der Waals surface area (Å²) in [4.78, 5) is 26.2. The van der Waals surface area contributed by atoms with E-state index in [1.807, 2.05) is 4.57 Å². The van der Waals surface area contributed by atoms with Crippen molar-refractivity contribution in [2.45, 2.75) is 45.2 Å². The predicted molar refractivity (Wildman–Crippen MR) is 107 cm³/mol. The molecule has 0 spiro atoms. The van der Waals surface area contributed by atoms with E-state index in [1.165, 1.54) is 0 Å². The van der Waals surface area contributed by atoms with E-state index in [4.69, 9.17) is 20.3 Å². The van der Waals surface area contributed by atoms with Crippen LogP contribution in [0.15, 0.2) is 0 Å². The molecule has 0 bridgehead atoms. The zero-order valence-electron chi connectivity index (χ0n) is 16.9. The number of fused-ring (bicyclic) bond motifs is 1. The van der Waals surface area contributed by atoms with Crippen LogP contribution in [0.1, 0.15) is 32.6 Å². The molecular formula is C18H29N7O4. The number of piperidine rings is 1. The van der Waals surface area contributed by atoms with Gasteiger partial charge in [0.1, 0.15) is 0 Å². The number of hydrogen-bond acceptors (Lipinski definition) is 8. The van der Waals surface area contributed by atoms with Gasteiger partial charge in [-0.1, -0.05) is 13.3 Å². The number of carbonyl (C=O) groups is 1. The Hall–Kier alpha value is -2.82. The first-order valence-electron chi connectivity index (χ1n) is 9.94. The number of methoxy groups -OCH3 is 1. The summed E-state index contributed by atoms with van der Waals surface area (Å²) in [5.41, 5.74) is 7.15. The van der Waals surface area contributed by atoms with Crippen LogP contribution in [0.4, 0.5) is 10.6 Å². The number of anilines is 1. The lowest BCUT2D eigenvalue weighted by Gasteiger charge is -2.31. The second-order valence-electron chi connectivity index (χ2n) is 7.08. The van der Waals surface area contributed by atoms with Gasteiger partial charge in [0.25, 0.3) is 6.01 Å². The molecule has 3 heterocycles. The van der Waals surface area contributed by atoms with Crippen LogP contribution < -0.4 is 20.5 Å². The summed E-state index contributed by atoms with van der Waals surface area (Å²) >= 11 is 0. The van der Waals surface area contributed by atoms with Crippen molar-refractivity contribution in [3.05, 3.63) is 0 Å². The van der Waals surface area contributed by atoms with Crippen molar-refractivity contribution in [1.82, 2.24) is 29.7 Å². The van der Waals surface area contributed by atoms with Crippen molar-refractivity contribution in [3.8, 4) is 12.0 Å². The Morgan fingerprint density at radius 2 is 2.03 bits per heavy atom. The van der Waals surface area contributed by atoms with Crippen LogP contribution in [0, 0.1) is 0 Å². The summed E-state index contributed by atoms with van der Waals surface area (Å²) in [6, 6.07) is 0.685. The van der Waals surface area contributed by atoms with Gasteiger partial charge in [0.2, 0.25) is 0 Å². The number of ether oxygens (including phenoxy) is 2. The van der Waals surface area contributed by atoms with E-state index in [9.17, 15) is 4.79 Å². The minimum Gasteiger partial charge on any atom is -0.468 e. The summed E-state index contributed by atoms with van der Waals surface area (Å²) < 4.78 is 12.9. The van der Waals surface area contributed by atoms with Crippen molar-refractivity contribution < 1.29 is 19.4 Å². The molecule has 1 amide bonds. The van der Waals surface area contributed by atoms with Gasteiger partial charge in [-0.05, 0) is 19.3 Å². The average Bonchev–Trinajstić information content (AvgIpc) is 3.05. The number of rotatable bonds is 9. The summed E-state index contributed by atoms with van der Waals surface area (Å²) in [5, 5.41) is 11.4. The normalized spacial score (nSPS) is 15.5. The van der Waals surface area contributed by atoms with Crippen LogP contribution in [0.5, 0.6) is 12.0 Å². The van der Waals surface area contributed by atoms with Gasteiger partial charge < -0.3 is 30.5 Å². The number of hydrogen-bond donors (Lipinski definition) is 3. The monoisotopic (exact) mass is 407 g/mol. The van der Waals surface area contributed by atoms with E-state index in [0.29, 0.717) is 30.3 Å². The maximum atomic E-state index is 10.8. The van der Waals surface area contributed by atoms with Gasteiger partial charge >= 0.3 is 12.1 Å². The maximum Gasteiger partial charge on any atom is 0.404 e. The molecule has 2 aromatic heterocycles. The average molecular weight is 407 g/mol. The Morgan fingerprint density at radius 1 is 1.28 bits per heavy atom. The number of nitrogens with two attached hydrogens (primary N) is 1. The molecule has 11 heteroatoms. The Labute approximate surface area is 169 Å². The van der Waals surface area contributed by atoms with E-state index in [1.54, 1.807) is 7.11 Å². The SMILES string of the molecule is CCCCOc1nc(N)c2nc(OC)n(CCN3CCC(NC(=O)O)CC3)c2n1. The van der Waals surface area contributed by atoms with Gasteiger partial charge in [0.05, 0.1) is 13.7 Å². The third-order valence-corrected chi connectivity index (χ3v) is 5.03. The molecule has 0 aliphatic carbocycles. The largest absolute Gasteiger partial charge is 0.468 e. The van der Waals surface area contributed by atoms with Crippen molar-refractivity contribution in [2.24, 2.45) is 0 Å². The minimum absolute atomic E-state index is 0.0164. The molecule has 0 atom stereocenters.